The fourth-order valence-electron chi connectivity index (χ4n) is 5.18. The van der Waals surface area contributed by atoms with Gasteiger partial charge in [-0.15, -0.1) is 0 Å². The van der Waals surface area contributed by atoms with Gasteiger partial charge in [0.2, 0.25) is 0 Å². The van der Waals surface area contributed by atoms with Crippen molar-refractivity contribution in [2.75, 3.05) is 0 Å². The van der Waals surface area contributed by atoms with Gasteiger partial charge in [-0.2, -0.15) is 0 Å². The van der Waals surface area contributed by atoms with Crippen molar-refractivity contribution in [3.63, 3.8) is 0 Å². The van der Waals surface area contributed by atoms with E-state index >= 15 is 0 Å². The van der Waals surface area contributed by atoms with Gasteiger partial charge in [-0.3, -0.25) is 9.59 Å². The zero-order valence-electron chi connectivity index (χ0n) is 20.4. The quantitative estimate of drug-likeness (QED) is 0.466. The topological polar surface area (TPSA) is 34.1 Å². The number of fused-ring (bicyclic) bond motifs is 1. The zero-order chi connectivity index (χ0) is 23.3. The highest BCUT2D eigenvalue weighted by Gasteiger charge is 2.26. The van der Waals surface area contributed by atoms with Crippen molar-refractivity contribution >= 4 is 17.1 Å². The molecule has 2 aromatic carbocycles. The second-order valence-electron chi connectivity index (χ2n) is 9.16. The molecule has 0 aromatic heterocycles. The molecule has 0 radical (unpaired) electrons. The number of allylic oxidation sites excluding steroid dienone is 1. The lowest BCUT2D eigenvalue weighted by Gasteiger charge is -2.21. The van der Waals surface area contributed by atoms with Crippen LogP contribution in [0.15, 0.2) is 36.9 Å². The van der Waals surface area contributed by atoms with E-state index in [4.69, 9.17) is 0 Å². The second kappa shape index (κ2) is 10.9. The summed E-state index contributed by atoms with van der Waals surface area (Å²) in [5, 5.41) is 0. The van der Waals surface area contributed by atoms with Gasteiger partial charge in [0.05, 0.1) is 0 Å². The van der Waals surface area contributed by atoms with Gasteiger partial charge in [-0.1, -0.05) is 69.5 Å². The van der Waals surface area contributed by atoms with E-state index in [0.29, 0.717) is 18.6 Å². The molecule has 2 aliphatic rings. The monoisotopic (exact) mass is 430 g/mol. The first-order valence-electron chi connectivity index (χ1n) is 12.4. The molecule has 1 fully saturated rings. The maximum atomic E-state index is 12.8. The van der Waals surface area contributed by atoms with E-state index < -0.39 is 0 Å². The molecule has 0 atom stereocenters. The minimum atomic E-state index is 0.241. The summed E-state index contributed by atoms with van der Waals surface area (Å²) in [5.74, 6) is 0.918. The van der Waals surface area contributed by atoms with Crippen molar-refractivity contribution in [2.45, 2.75) is 85.5 Å². The van der Waals surface area contributed by atoms with Gasteiger partial charge in [0.15, 0.2) is 5.78 Å². The molecule has 4 rings (SSSR count). The van der Waals surface area contributed by atoms with Crippen LogP contribution in [0.1, 0.15) is 98.3 Å². The fraction of sp³-hybridized carbons (Fsp3) is 0.467. The summed E-state index contributed by atoms with van der Waals surface area (Å²) >= 11 is 0. The lowest BCUT2D eigenvalue weighted by Crippen LogP contribution is -2.18. The van der Waals surface area contributed by atoms with Crippen molar-refractivity contribution < 1.29 is 9.59 Å². The van der Waals surface area contributed by atoms with Gasteiger partial charge in [0.1, 0.15) is 5.78 Å². The zero-order valence-corrected chi connectivity index (χ0v) is 20.4. The highest BCUT2D eigenvalue weighted by Crippen LogP contribution is 2.39. The number of aryl methyl sites for hydroxylation is 2. The number of rotatable bonds is 6. The maximum Gasteiger partial charge on any atom is 0.163 e. The van der Waals surface area contributed by atoms with Crippen molar-refractivity contribution in [2.24, 2.45) is 5.92 Å². The van der Waals surface area contributed by atoms with Crippen molar-refractivity contribution in [1.82, 2.24) is 0 Å². The Labute approximate surface area is 194 Å². The molecule has 2 heteroatoms. The van der Waals surface area contributed by atoms with Crippen LogP contribution in [-0.2, 0) is 17.6 Å². The van der Waals surface area contributed by atoms with Crippen molar-refractivity contribution in [1.29, 1.82) is 0 Å². The normalized spacial score (nSPS) is 15.7. The lowest BCUT2D eigenvalue weighted by atomic mass is 9.82. The molecule has 0 heterocycles. The predicted molar refractivity (Wildman–Crippen MR) is 135 cm³/mol. The summed E-state index contributed by atoms with van der Waals surface area (Å²) in [6.07, 6.45) is 8.51. The Morgan fingerprint density at radius 1 is 1.00 bits per heavy atom. The van der Waals surface area contributed by atoms with Crippen LogP contribution in [-0.4, -0.2) is 11.6 Å². The van der Waals surface area contributed by atoms with Crippen LogP contribution < -0.4 is 0 Å². The number of benzene rings is 2. The molecule has 2 aliphatic carbocycles. The van der Waals surface area contributed by atoms with E-state index in [0.717, 1.165) is 42.4 Å². The Morgan fingerprint density at radius 3 is 2.41 bits per heavy atom. The van der Waals surface area contributed by atoms with Gasteiger partial charge in [-0.25, -0.2) is 0 Å². The number of Topliss-reactive ketones (excluding diaryl/α,β-unsaturated/α-hetero) is 2. The third kappa shape index (κ3) is 5.11. The van der Waals surface area contributed by atoms with Gasteiger partial charge in [0, 0.05) is 24.3 Å². The number of carbonyl (C=O) groups is 2. The molecule has 170 valence electrons. The summed E-state index contributed by atoms with van der Waals surface area (Å²) in [6.45, 7) is 12.3. The number of ketones is 2. The van der Waals surface area contributed by atoms with Crippen LogP contribution in [0.3, 0.4) is 0 Å². The first kappa shape index (κ1) is 24.2. The smallest absolute Gasteiger partial charge is 0.163 e. The van der Waals surface area contributed by atoms with Crippen LogP contribution in [0.25, 0.3) is 16.7 Å². The molecule has 2 nitrogen and oxygen atoms in total. The summed E-state index contributed by atoms with van der Waals surface area (Å²) in [5.41, 5.74) is 8.98. The molecule has 0 saturated heterocycles. The number of hydrogen-bond donors (Lipinski definition) is 0. The first-order chi connectivity index (χ1) is 15.5. The summed E-state index contributed by atoms with van der Waals surface area (Å²) in [7, 11) is 0. The summed E-state index contributed by atoms with van der Waals surface area (Å²) in [4.78, 5) is 25.3. The van der Waals surface area contributed by atoms with Crippen molar-refractivity contribution in [3.8, 4) is 11.1 Å². The van der Waals surface area contributed by atoms with Gasteiger partial charge in [-0.05, 0) is 79.0 Å². The third-order valence-electron chi connectivity index (χ3n) is 7.00. The third-order valence-corrected chi connectivity index (χ3v) is 7.00. The van der Waals surface area contributed by atoms with E-state index in [1.54, 1.807) is 0 Å². The number of hydrogen-bond acceptors (Lipinski definition) is 2. The molecule has 1 saturated carbocycles. The molecule has 0 aliphatic heterocycles. The Balaban J connectivity index is 0.00000141. The van der Waals surface area contributed by atoms with E-state index in [2.05, 4.69) is 37.8 Å². The average molecular weight is 431 g/mol. The molecule has 0 bridgehead atoms. The molecular formula is C30H38O2. The van der Waals surface area contributed by atoms with Crippen LogP contribution in [0, 0.1) is 12.8 Å². The molecule has 0 spiro atoms. The molecular weight excluding hydrogens is 392 g/mol. The molecule has 2 aromatic rings. The summed E-state index contributed by atoms with van der Waals surface area (Å²) in [6, 6.07) is 10.6. The van der Waals surface area contributed by atoms with Gasteiger partial charge < -0.3 is 0 Å². The van der Waals surface area contributed by atoms with Crippen LogP contribution in [0.5, 0.6) is 0 Å². The van der Waals surface area contributed by atoms with E-state index in [1.807, 2.05) is 26.8 Å². The van der Waals surface area contributed by atoms with Crippen LogP contribution >= 0.6 is 0 Å². The lowest BCUT2D eigenvalue weighted by molar-refractivity contribution is -0.123. The fourth-order valence-corrected chi connectivity index (χ4v) is 5.18. The highest BCUT2D eigenvalue weighted by molar-refractivity contribution is 6.03. The van der Waals surface area contributed by atoms with Gasteiger partial charge in [0.25, 0.3) is 0 Å². The molecule has 0 amide bonds. The van der Waals surface area contributed by atoms with Gasteiger partial charge >= 0.3 is 0 Å². The Hall–Kier alpha value is -2.48. The molecule has 0 unspecified atom stereocenters. The van der Waals surface area contributed by atoms with Crippen LogP contribution in [0.2, 0.25) is 0 Å². The SMILES string of the molecule is C=C(C)c1ccc(C)c(-c2c(CCC(=O)C3CCCCC3)ccc3c2CCC3=O)c1.CC. The minimum absolute atomic E-state index is 0.241. The summed E-state index contributed by atoms with van der Waals surface area (Å²) < 4.78 is 0. The van der Waals surface area contributed by atoms with E-state index in [1.165, 1.54) is 47.1 Å². The predicted octanol–water partition coefficient (Wildman–Crippen LogP) is 7.93. The number of carbonyl (C=O) groups excluding carboxylic acids is 2. The van der Waals surface area contributed by atoms with E-state index in [9.17, 15) is 9.59 Å². The Kier molecular flexibility index (Phi) is 8.23. The minimum Gasteiger partial charge on any atom is -0.299 e. The van der Waals surface area contributed by atoms with Crippen molar-refractivity contribution in [3.05, 3.63) is 64.7 Å². The second-order valence-corrected chi connectivity index (χ2v) is 9.16. The first-order valence-corrected chi connectivity index (χ1v) is 12.4. The standard InChI is InChI=1S/C28H32O2.C2H6/c1-18(2)22-10-9-19(3)25(17-22)28-21(11-13-23-24(28)14-16-27(23)30)12-15-26(29)20-7-5-4-6-8-20;1-2/h9-11,13,17,20H,1,4-8,12,14-16H2,2-3H3;1-2H3. The Bertz CT molecular complexity index is 1010. The van der Waals surface area contributed by atoms with Crippen LogP contribution in [0.4, 0.5) is 0 Å². The largest absolute Gasteiger partial charge is 0.299 e. The molecule has 32 heavy (non-hydrogen) atoms. The average Bonchev–Trinajstić information content (AvgIpc) is 3.20. The molecule has 0 N–H and O–H groups in total. The maximum absolute atomic E-state index is 12.8. The highest BCUT2D eigenvalue weighted by atomic mass is 16.1. The Morgan fingerprint density at radius 2 is 1.72 bits per heavy atom. The van der Waals surface area contributed by atoms with E-state index in [-0.39, 0.29) is 11.7 Å².